The molecular weight excluding hydrogens is 428 g/mol. The van der Waals surface area contributed by atoms with Crippen molar-refractivity contribution >= 4 is 38.8 Å². The minimum Gasteiger partial charge on any atom is -0.360 e. The highest BCUT2D eigenvalue weighted by Gasteiger charge is 2.24. The Morgan fingerprint density at radius 1 is 1.15 bits per heavy atom. The third kappa shape index (κ3) is 4.23. The maximum Gasteiger partial charge on any atom is 0.270 e. The first-order chi connectivity index (χ1) is 16.1. The maximum absolute atomic E-state index is 13.0. The van der Waals surface area contributed by atoms with Crippen LogP contribution in [0.15, 0.2) is 78.5 Å². The number of aryl methyl sites for hydroxylation is 2. The predicted molar refractivity (Wildman–Crippen MR) is 134 cm³/mol. The molecule has 1 N–H and O–H groups in total. The SMILES string of the molecule is Cc1ccc2nc(-c3ccc(N/C=C(/C#N)C(=O)N4CCCc5ccccc54)cc3)sc2c1. The summed E-state index contributed by atoms with van der Waals surface area (Å²) in [5, 5.41) is 13.7. The van der Waals surface area contributed by atoms with Gasteiger partial charge in [-0.15, -0.1) is 11.3 Å². The first kappa shape index (κ1) is 20.9. The second-order valence-electron chi connectivity index (χ2n) is 8.07. The highest BCUT2D eigenvalue weighted by atomic mass is 32.1. The van der Waals surface area contributed by atoms with Gasteiger partial charge in [-0.05, 0) is 73.4 Å². The number of hydrogen-bond donors (Lipinski definition) is 1. The van der Waals surface area contributed by atoms with E-state index in [1.807, 2.05) is 54.6 Å². The van der Waals surface area contributed by atoms with Crippen LogP contribution in [-0.4, -0.2) is 17.4 Å². The van der Waals surface area contributed by atoms with Crippen molar-refractivity contribution in [3.63, 3.8) is 0 Å². The van der Waals surface area contributed by atoms with Crippen molar-refractivity contribution in [1.29, 1.82) is 5.26 Å². The lowest BCUT2D eigenvalue weighted by molar-refractivity contribution is -0.114. The van der Waals surface area contributed by atoms with Crippen LogP contribution in [0.4, 0.5) is 11.4 Å². The van der Waals surface area contributed by atoms with Crippen LogP contribution in [0.3, 0.4) is 0 Å². The number of carbonyl (C=O) groups excluding carboxylic acids is 1. The van der Waals surface area contributed by atoms with E-state index in [-0.39, 0.29) is 11.5 Å². The van der Waals surface area contributed by atoms with E-state index in [9.17, 15) is 10.1 Å². The number of benzene rings is 3. The van der Waals surface area contributed by atoms with Crippen LogP contribution in [0.1, 0.15) is 17.5 Å². The molecule has 0 unspecified atom stereocenters. The first-order valence-corrected chi connectivity index (χ1v) is 11.7. The molecule has 2 heterocycles. The van der Waals surface area contributed by atoms with Gasteiger partial charge in [0.2, 0.25) is 0 Å². The zero-order valence-electron chi connectivity index (χ0n) is 18.2. The number of para-hydroxylation sites is 1. The van der Waals surface area contributed by atoms with Gasteiger partial charge in [0.15, 0.2) is 0 Å². The van der Waals surface area contributed by atoms with E-state index in [4.69, 9.17) is 4.98 Å². The number of amides is 1. The molecule has 0 saturated carbocycles. The molecule has 5 nitrogen and oxygen atoms in total. The number of nitrogens with one attached hydrogen (secondary N) is 1. The smallest absolute Gasteiger partial charge is 0.270 e. The van der Waals surface area contributed by atoms with Crippen LogP contribution >= 0.6 is 11.3 Å². The third-order valence-corrected chi connectivity index (χ3v) is 6.83. The van der Waals surface area contributed by atoms with Crippen molar-refractivity contribution in [1.82, 2.24) is 4.98 Å². The fourth-order valence-electron chi connectivity index (χ4n) is 4.05. The van der Waals surface area contributed by atoms with Crippen LogP contribution in [0.25, 0.3) is 20.8 Å². The summed E-state index contributed by atoms with van der Waals surface area (Å²) in [6.45, 7) is 2.70. The molecule has 1 aliphatic heterocycles. The molecule has 0 saturated heterocycles. The Balaban J connectivity index is 1.33. The lowest BCUT2D eigenvalue weighted by Crippen LogP contribution is -2.36. The van der Waals surface area contributed by atoms with E-state index >= 15 is 0 Å². The predicted octanol–water partition coefficient (Wildman–Crippen LogP) is 6.07. The van der Waals surface area contributed by atoms with E-state index in [2.05, 4.69) is 30.4 Å². The molecule has 0 atom stereocenters. The molecule has 33 heavy (non-hydrogen) atoms. The maximum atomic E-state index is 13.0. The second kappa shape index (κ2) is 8.89. The van der Waals surface area contributed by atoms with E-state index in [1.165, 1.54) is 16.5 Å². The number of thiazole rings is 1. The number of nitriles is 1. The Labute approximate surface area is 196 Å². The Morgan fingerprint density at radius 2 is 1.97 bits per heavy atom. The van der Waals surface area contributed by atoms with E-state index in [1.54, 1.807) is 16.2 Å². The molecule has 162 valence electrons. The number of rotatable bonds is 4. The van der Waals surface area contributed by atoms with Crippen LogP contribution in [-0.2, 0) is 11.2 Å². The van der Waals surface area contributed by atoms with Gasteiger partial charge in [-0.25, -0.2) is 4.98 Å². The van der Waals surface area contributed by atoms with Crippen molar-refractivity contribution in [3.8, 4) is 16.6 Å². The van der Waals surface area contributed by atoms with Gasteiger partial charge in [0.1, 0.15) is 16.6 Å². The molecule has 0 bridgehead atoms. The van der Waals surface area contributed by atoms with Crippen LogP contribution in [0, 0.1) is 18.3 Å². The first-order valence-electron chi connectivity index (χ1n) is 10.9. The average Bonchev–Trinajstić information content (AvgIpc) is 3.27. The molecule has 1 amide bonds. The summed E-state index contributed by atoms with van der Waals surface area (Å²) in [7, 11) is 0. The molecular formula is C27H22N4OS. The fourth-order valence-corrected chi connectivity index (χ4v) is 5.12. The van der Waals surface area contributed by atoms with Gasteiger partial charge in [-0.1, -0.05) is 24.3 Å². The minimum atomic E-state index is -0.279. The lowest BCUT2D eigenvalue weighted by atomic mass is 10.0. The van der Waals surface area contributed by atoms with Crippen LogP contribution in [0.2, 0.25) is 0 Å². The Morgan fingerprint density at radius 3 is 2.79 bits per heavy atom. The standard InChI is InChI=1S/C27H22N4OS/c1-18-8-13-23-25(15-18)33-26(30-23)20-9-11-22(12-10-20)29-17-21(16-28)27(32)31-14-4-6-19-5-2-3-7-24(19)31/h2-3,5,7-13,15,17,29H,4,6,14H2,1H3/b21-17-. The van der Waals surface area contributed by atoms with E-state index in [0.717, 1.165) is 45.9 Å². The molecule has 0 spiro atoms. The van der Waals surface area contributed by atoms with Gasteiger partial charge in [-0.2, -0.15) is 5.26 Å². The number of nitrogens with zero attached hydrogens (tertiary/aromatic N) is 3. The van der Waals surface area contributed by atoms with Gasteiger partial charge in [0, 0.05) is 29.7 Å². The number of aromatic nitrogens is 1. The van der Waals surface area contributed by atoms with Gasteiger partial charge in [-0.3, -0.25) is 4.79 Å². The monoisotopic (exact) mass is 450 g/mol. The number of fused-ring (bicyclic) bond motifs is 2. The minimum absolute atomic E-state index is 0.0809. The van der Waals surface area contributed by atoms with E-state index in [0.29, 0.717) is 6.54 Å². The zero-order chi connectivity index (χ0) is 22.8. The summed E-state index contributed by atoms with van der Waals surface area (Å²) in [5.41, 5.74) is 6.17. The van der Waals surface area contributed by atoms with E-state index < -0.39 is 0 Å². The number of anilines is 2. The highest BCUT2D eigenvalue weighted by molar-refractivity contribution is 7.21. The normalized spacial score (nSPS) is 13.5. The average molecular weight is 451 g/mol. The third-order valence-electron chi connectivity index (χ3n) is 5.77. The summed E-state index contributed by atoms with van der Waals surface area (Å²) < 4.78 is 1.17. The highest BCUT2D eigenvalue weighted by Crippen LogP contribution is 2.31. The quantitative estimate of drug-likeness (QED) is 0.303. The molecule has 3 aromatic carbocycles. The summed E-state index contributed by atoms with van der Waals surface area (Å²) in [6.07, 6.45) is 3.33. The van der Waals surface area contributed by atoms with Crippen LogP contribution < -0.4 is 10.2 Å². The number of carbonyl (C=O) groups is 1. The molecule has 6 heteroatoms. The van der Waals surface area contributed by atoms with Crippen molar-refractivity contribution in [2.45, 2.75) is 19.8 Å². The molecule has 5 rings (SSSR count). The molecule has 4 aromatic rings. The largest absolute Gasteiger partial charge is 0.360 e. The van der Waals surface area contributed by atoms with Gasteiger partial charge in [0.25, 0.3) is 5.91 Å². The van der Waals surface area contributed by atoms with Gasteiger partial charge < -0.3 is 10.2 Å². The Kier molecular flexibility index (Phi) is 5.64. The lowest BCUT2D eigenvalue weighted by Gasteiger charge is -2.29. The van der Waals surface area contributed by atoms with Crippen molar-refractivity contribution in [3.05, 3.63) is 89.6 Å². The molecule has 0 aliphatic carbocycles. The second-order valence-corrected chi connectivity index (χ2v) is 9.10. The topological polar surface area (TPSA) is 69.0 Å². The van der Waals surface area contributed by atoms with Crippen LogP contribution in [0.5, 0.6) is 0 Å². The van der Waals surface area contributed by atoms with Crippen molar-refractivity contribution in [2.24, 2.45) is 0 Å². The summed E-state index contributed by atoms with van der Waals surface area (Å²) in [5.74, 6) is -0.279. The van der Waals surface area contributed by atoms with Crippen molar-refractivity contribution in [2.75, 3.05) is 16.8 Å². The molecule has 1 aromatic heterocycles. The molecule has 0 fully saturated rings. The fraction of sp³-hybridized carbons (Fsp3) is 0.148. The Bertz CT molecular complexity index is 1410. The molecule has 1 aliphatic rings. The summed E-state index contributed by atoms with van der Waals surface area (Å²) >= 11 is 1.67. The molecule has 0 radical (unpaired) electrons. The summed E-state index contributed by atoms with van der Waals surface area (Å²) in [6, 6.07) is 24.1. The van der Waals surface area contributed by atoms with Gasteiger partial charge >= 0.3 is 0 Å². The summed E-state index contributed by atoms with van der Waals surface area (Å²) in [4.78, 5) is 19.5. The zero-order valence-corrected chi connectivity index (χ0v) is 19.0. The van der Waals surface area contributed by atoms with Crippen molar-refractivity contribution < 1.29 is 4.79 Å². The Hall–Kier alpha value is -3.95. The number of hydrogen-bond acceptors (Lipinski definition) is 5. The van der Waals surface area contributed by atoms with Gasteiger partial charge in [0.05, 0.1) is 10.2 Å².